The van der Waals surface area contributed by atoms with Crippen LogP contribution < -0.4 is 5.32 Å². The fraction of sp³-hybridized carbons (Fsp3) is 0.917. The van der Waals surface area contributed by atoms with Crippen LogP contribution in [0.1, 0.15) is 38.5 Å². The molecule has 86 valence electrons. The Bertz CT molecular complexity index is 206. The van der Waals surface area contributed by atoms with Gasteiger partial charge < -0.3 is 10.1 Å². The number of nitrogens with one attached hydrogen (secondary N) is 1. The van der Waals surface area contributed by atoms with Crippen molar-refractivity contribution in [2.24, 2.45) is 5.92 Å². The van der Waals surface area contributed by atoms with Gasteiger partial charge in [0.25, 0.3) is 0 Å². The molecule has 0 spiro atoms. The molecule has 1 N–H and O–H groups in total. The number of hydrogen-bond acceptors (Lipinski definition) is 3. The topological polar surface area (TPSA) is 38.3 Å². The minimum Gasteiger partial charge on any atom is -0.378 e. The first-order valence-electron chi connectivity index (χ1n) is 6.18. The molecule has 0 bridgehead atoms. The summed E-state index contributed by atoms with van der Waals surface area (Å²) in [5.74, 6) is 1.03. The Morgan fingerprint density at radius 1 is 1.40 bits per heavy atom. The number of ether oxygens (including phenoxy) is 1. The standard InChI is InChI=1S/C12H21NO2/c14-11(8-10-5-6-13-9-10)3-4-12-2-1-7-15-12/h10,12-13H,1-9H2. The van der Waals surface area contributed by atoms with E-state index in [0.29, 0.717) is 17.8 Å². The summed E-state index contributed by atoms with van der Waals surface area (Å²) in [4.78, 5) is 11.7. The summed E-state index contributed by atoms with van der Waals surface area (Å²) in [6.45, 7) is 3.01. The summed E-state index contributed by atoms with van der Waals surface area (Å²) in [5.41, 5.74) is 0. The summed E-state index contributed by atoms with van der Waals surface area (Å²) in [6.07, 6.45) is 6.31. The van der Waals surface area contributed by atoms with Crippen LogP contribution in [0.25, 0.3) is 0 Å². The SMILES string of the molecule is O=C(CCC1CCCO1)CC1CCNC1. The lowest BCUT2D eigenvalue weighted by atomic mass is 9.98. The van der Waals surface area contributed by atoms with Gasteiger partial charge in [-0.05, 0) is 44.7 Å². The fourth-order valence-electron chi connectivity index (χ4n) is 2.51. The smallest absolute Gasteiger partial charge is 0.133 e. The third-order valence-corrected chi connectivity index (χ3v) is 3.45. The van der Waals surface area contributed by atoms with E-state index in [4.69, 9.17) is 4.74 Å². The average Bonchev–Trinajstić information content (AvgIpc) is 2.86. The summed E-state index contributed by atoms with van der Waals surface area (Å²) < 4.78 is 5.51. The first-order chi connectivity index (χ1) is 7.34. The molecule has 0 amide bonds. The quantitative estimate of drug-likeness (QED) is 0.749. The zero-order chi connectivity index (χ0) is 10.5. The van der Waals surface area contributed by atoms with Gasteiger partial charge in [-0.15, -0.1) is 0 Å². The number of Topliss-reactive ketones (excluding diaryl/α,β-unsaturated/α-hetero) is 1. The van der Waals surface area contributed by atoms with Gasteiger partial charge in [0.2, 0.25) is 0 Å². The van der Waals surface area contributed by atoms with Crippen LogP contribution in [-0.4, -0.2) is 31.6 Å². The van der Waals surface area contributed by atoms with E-state index in [1.807, 2.05) is 0 Å². The molecule has 0 radical (unpaired) electrons. The Hall–Kier alpha value is -0.410. The molecule has 0 aromatic heterocycles. The zero-order valence-electron chi connectivity index (χ0n) is 9.34. The van der Waals surface area contributed by atoms with Gasteiger partial charge in [0.1, 0.15) is 5.78 Å². The molecular formula is C12H21NO2. The molecule has 2 heterocycles. The fourth-order valence-corrected chi connectivity index (χ4v) is 2.51. The van der Waals surface area contributed by atoms with Crippen molar-refractivity contribution < 1.29 is 9.53 Å². The summed E-state index contributed by atoms with van der Waals surface area (Å²) >= 11 is 0. The monoisotopic (exact) mass is 211 g/mol. The van der Waals surface area contributed by atoms with Gasteiger partial charge in [0, 0.05) is 19.4 Å². The van der Waals surface area contributed by atoms with Gasteiger partial charge in [-0.25, -0.2) is 0 Å². The van der Waals surface area contributed by atoms with Crippen LogP contribution in [0.4, 0.5) is 0 Å². The molecule has 2 atom stereocenters. The van der Waals surface area contributed by atoms with Crippen molar-refractivity contribution in [3.05, 3.63) is 0 Å². The minimum atomic E-state index is 0.371. The number of carbonyl (C=O) groups is 1. The van der Waals surface area contributed by atoms with Gasteiger partial charge in [0.15, 0.2) is 0 Å². The van der Waals surface area contributed by atoms with Crippen LogP contribution in [0.15, 0.2) is 0 Å². The van der Waals surface area contributed by atoms with E-state index in [-0.39, 0.29) is 0 Å². The lowest BCUT2D eigenvalue weighted by molar-refractivity contribution is -0.120. The maximum absolute atomic E-state index is 11.7. The zero-order valence-corrected chi connectivity index (χ0v) is 9.34. The predicted molar refractivity (Wildman–Crippen MR) is 58.8 cm³/mol. The van der Waals surface area contributed by atoms with Crippen molar-refractivity contribution in [1.29, 1.82) is 0 Å². The molecule has 2 aliphatic rings. The van der Waals surface area contributed by atoms with Crippen LogP contribution >= 0.6 is 0 Å². The first-order valence-corrected chi connectivity index (χ1v) is 6.18. The third-order valence-electron chi connectivity index (χ3n) is 3.45. The van der Waals surface area contributed by atoms with Crippen molar-refractivity contribution in [2.45, 2.75) is 44.6 Å². The molecule has 0 aliphatic carbocycles. The van der Waals surface area contributed by atoms with Gasteiger partial charge in [-0.2, -0.15) is 0 Å². The van der Waals surface area contributed by atoms with Gasteiger partial charge in [0.05, 0.1) is 6.10 Å². The number of hydrogen-bond donors (Lipinski definition) is 1. The highest BCUT2D eigenvalue weighted by Gasteiger charge is 2.20. The first kappa shape index (κ1) is 11.1. The highest BCUT2D eigenvalue weighted by molar-refractivity contribution is 5.78. The average molecular weight is 211 g/mol. The van der Waals surface area contributed by atoms with E-state index >= 15 is 0 Å². The number of ketones is 1. The highest BCUT2D eigenvalue weighted by Crippen LogP contribution is 2.19. The second-order valence-corrected chi connectivity index (χ2v) is 4.78. The number of rotatable bonds is 5. The predicted octanol–water partition coefficient (Wildman–Crippen LogP) is 1.51. The Labute approximate surface area is 91.6 Å². The van der Waals surface area contributed by atoms with E-state index in [0.717, 1.165) is 45.4 Å². The number of carbonyl (C=O) groups excluding carboxylic acids is 1. The molecule has 2 unspecified atom stereocenters. The Morgan fingerprint density at radius 3 is 3.00 bits per heavy atom. The minimum absolute atomic E-state index is 0.371. The Morgan fingerprint density at radius 2 is 2.33 bits per heavy atom. The maximum Gasteiger partial charge on any atom is 0.133 e. The maximum atomic E-state index is 11.7. The summed E-state index contributed by atoms with van der Waals surface area (Å²) in [5, 5.41) is 3.30. The molecular weight excluding hydrogens is 190 g/mol. The lowest BCUT2D eigenvalue weighted by Gasteiger charge is -2.10. The molecule has 2 rings (SSSR count). The Balaban J connectivity index is 1.59. The Kier molecular flexibility index (Phi) is 4.15. The van der Waals surface area contributed by atoms with Gasteiger partial charge >= 0.3 is 0 Å². The van der Waals surface area contributed by atoms with Crippen molar-refractivity contribution in [3.63, 3.8) is 0 Å². The van der Waals surface area contributed by atoms with E-state index < -0.39 is 0 Å². The van der Waals surface area contributed by atoms with Gasteiger partial charge in [-0.1, -0.05) is 0 Å². The van der Waals surface area contributed by atoms with Crippen LogP contribution in [0, 0.1) is 5.92 Å². The molecule has 0 aromatic rings. The largest absolute Gasteiger partial charge is 0.378 e. The van der Waals surface area contributed by atoms with Crippen LogP contribution in [-0.2, 0) is 9.53 Å². The molecule has 0 aromatic carbocycles. The van der Waals surface area contributed by atoms with Crippen molar-refractivity contribution in [3.8, 4) is 0 Å². The van der Waals surface area contributed by atoms with E-state index in [2.05, 4.69) is 5.32 Å². The van der Waals surface area contributed by atoms with E-state index in [1.165, 1.54) is 12.8 Å². The third kappa shape index (κ3) is 3.58. The summed E-state index contributed by atoms with van der Waals surface area (Å²) in [7, 11) is 0. The van der Waals surface area contributed by atoms with E-state index in [9.17, 15) is 4.79 Å². The normalized spacial score (nSPS) is 30.9. The molecule has 2 aliphatic heterocycles. The highest BCUT2D eigenvalue weighted by atomic mass is 16.5. The van der Waals surface area contributed by atoms with Crippen molar-refractivity contribution >= 4 is 5.78 Å². The second kappa shape index (κ2) is 5.61. The second-order valence-electron chi connectivity index (χ2n) is 4.78. The molecule has 2 saturated heterocycles. The van der Waals surface area contributed by atoms with Crippen LogP contribution in [0.2, 0.25) is 0 Å². The molecule has 2 fully saturated rings. The van der Waals surface area contributed by atoms with Crippen LogP contribution in [0.5, 0.6) is 0 Å². The molecule has 3 nitrogen and oxygen atoms in total. The summed E-state index contributed by atoms with van der Waals surface area (Å²) in [6, 6.07) is 0. The molecule has 3 heteroatoms. The van der Waals surface area contributed by atoms with Crippen molar-refractivity contribution in [2.75, 3.05) is 19.7 Å². The van der Waals surface area contributed by atoms with Crippen LogP contribution in [0.3, 0.4) is 0 Å². The molecule has 0 saturated carbocycles. The van der Waals surface area contributed by atoms with Gasteiger partial charge in [-0.3, -0.25) is 4.79 Å². The lowest BCUT2D eigenvalue weighted by Crippen LogP contribution is -2.14. The van der Waals surface area contributed by atoms with Crippen molar-refractivity contribution in [1.82, 2.24) is 5.32 Å². The molecule has 15 heavy (non-hydrogen) atoms. The van der Waals surface area contributed by atoms with E-state index in [1.54, 1.807) is 0 Å².